The maximum Gasteiger partial charge on any atom is 0.147 e. The van der Waals surface area contributed by atoms with E-state index in [-0.39, 0.29) is 0 Å². The zero-order valence-corrected chi connectivity index (χ0v) is 11.0. The zero-order chi connectivity index (χ0) is 12.0. The van der Waals surface area contributed by atoms with E-state index in [2.05, 4.69) is 15.2 Å². The van der Waals surface area contributed by atoms with Crippen molar-refractivity contribution in [3.05, 3.63) is 22.8 Å². The van der Waals surface area contributed by atoms with Gasteiger partial charge in [-0.2, -0.15) is 0 Å². The van der Waals surface area contributed by atoms with Gasteiger partial charge in [-0.15, -0.1) is 0 Å². The van der Waals surface area contributed by atoms with Gasteiger partial charge in [0.25, 0.3) is 0 Å². The number of aryl methyl sites for hydroxylation is 1. The number of nitrogens with zero attached hydrogens (tertiary/aromatic N) is 2. The molecule has 1 aliphatic heterocycles. The van der Waals surface area contributed by atoms with Crippen molar-refractivity contribution in [1.29, 1.82) is 0 Å². The van der Waals surface area contributed by atoms with Gasteiger partial charge in [-0.1, -0.05) is 25.4 Å². The smallest absolute Gasteiger partial charge is 0.147 e. The number of piperazine rings is 1. The van der Waals surface area contributed by atoms with E-state index >= 15 is 0 Å². The Hall–Kier alpha value is -0.800. The quantitative estimate of drug-likeness (QED) is 0.819. The van der Waals surface area contributed by atoms with E-state index in [4.69, 9.17) is 11.6 Å². The van der Waals surface area contributed by atoms with Crippen LogP contribution in [0.15, 0.2) is 12.3 Å². The monoisotopic (exact) mass is 241 g/mol. The molecule has 1 N–H and O–H groups in total. The van der Waals surface area contributed by atoms with E-state index < -0.39 is 0 Å². The molecule has 0 bridgehead atoms. The largest absolute Gasteiger partial charge is 0.353 e. The third-order valence-corrected chi connectivity index (χ3v) is 2.65. The molecule has 0 saturated carbocycles. The molecule has 16 heavy (non-hydrogen) atoms. The first-order valence-corrected chi connectivity index (χ1v) is 6.23. The molecular weight excluding hydrogens is 222 g/mol. The Morgan fingerprint density at radius 3 is 2.50 bits per heavy atom. The summed E-state index contributed by atoms with van der Waals surface area (Å²) in [5, 5.41) is 4.06. The van der Waals surface area contributed by atoms with Gasteiger partial charge in [0.2, 0.25) is 0 Å². The van der Waals surface area contributed by atoms with Crippen molar-refractivity contribution in [2.75, 3.05) is 31.1 Å². The summed E-state index contributed by atoms with van der Waals surface area (Å²) in [6, 6.07) is 1.96. The van der Waals surface area contributed by atoms with E-state index in [0.29, 0.717) is 0 Å². The van der Waals surface area contributed by atoms with Crippen LogP contribution in [-0.2, 0) is 0 Å². The lowest BCUT2D eigenvalue weighted by Gasteiger charge is -2.29. The summed E-state index contributed by atoms with van der Waals surface area (Å²) in [5.74, 6) is 0.916. The van der Waals surface area contributed by atoms with Crippen LogP contribution in [-0.4, -0.2) is 31.2 Å². The molecule has 0 amide bonds. The van der Waals surface area contributed by atoms with Crippen molar-refractivity contribution in [3.8, 4) is 0 Å². The number of anilines is 1. The van der Waals surface area contributed by atoms with Gasteiger partial charge in [-0.3, -0.25) is 0 Å². The average Bonchev–Trinajstić information content (AvgIpc) is 2.33. The van der Waals surface area contributed by atoms with E-state index in [1.54, 1.807) is 0 Å². The van der Waals surface area contributed by atoms with Gasteiger partial charge >= 0.3 is 0 Å². The van der Waals surface area contributed by atoms with Crippen LogP contribution in [0, 0.1) is 6.92 Å². The molecule has 90 valence electrons. The SMILES string of the molecule is CC.Cc1cnc(N2CCNCC2)c(Cl)c1. The molecule has 0 radical (unpaired) electrons. The molecule has 1 saturated heterocycles. The Morgan fingerprint density at radius 2 is 1.94 bits per heavy atom. The first kappa shape index (κ1) is 13.3. The lowest BCUT2D eigenvalue weighted by molar-refractivity contribution is 0.585. The number of nitrogens with one attached hydrogen (secondary N) is 1. The maximum atomic E-state index is 6.14. The standard InChI is InChI=1S/C10H14ClN3.C2H6/c1-8-6-9(11)10(13-7-8)14-4-2-12-3-5-14;1-2/h6-7,12H,2-5H2,1H3;1-2H3. The number of aromatic nitrogens is 1. The molecular formula is C12H20ClN3. The molecule has 1 aromatic heterocycles. The molecule has 1 aromatic rings. The fourth-order valence-electron chi connectivity index (χ4n) is 1.64. The third-order valence-electron chi connectivity index (χ3n) is 2.38. The highest BCUT2D eigenvalue weighted by Crippen LogP contribution is 2.23. The van der Waals surface area contributed by atoms with Gasteiger partial charge in [0.05, 0.1) is 5.02 Å². The second-order valence-corrected chi connectivity index (χ2v) is 3.96. The van der Waals surface area contributed by atoms with Crippen LogP contribution in [0.5, 0.6) is 0 Å². The number of halogens is 1. The molecule has 0 spiro atoms. The fraction of sp³-hybridized carbons (Fsp3) is 0.583. The van der Waals surface area contributed by atoms with Crippen molar-refractivity contribution >= 4 is 17.4 Å². The van der Waals surface area contributed by atoms with Crippen LogP contribution in [0.1, 0.15) is 19.4 Å². The predicted molar refractivity (Wildman–Crippen MR) is 70.4 cm³/mol. The van der Waals surface area contributed by atoms with Crippen molar-refractivity contribution in [2.45, 2.75) is 20.8 Å². The molecule has 2 heterocycles. The Morgan fingerprint density at radius 1 is 1.31 bits per heavy atom. The highest BCUT2D eigenvalue weighted by Gasteiger charge is 2.14. The summed E-state index contributed by atoms with van der Waals surface area (Å²) in [5.41, 5.74) is 1.11. The van der Waals surface area contributed by atoms with Gasteiger partial charge < -0.3 is 10.2 Å². The summed E-state index contributed by atoms with van der Waals surface area (Å²) in [4.78, 5) is 6.59. The predicted octanol–water partition coefficient (Wildman–Crippen LogP) is 2.48. The Balaban J connectivity index is 0.000000606. The second kappa shape index (κ2) is 6.71. The molecule has 0 aromatic carbocycles. The fourth-order valence-corrected chi connectivity index (χ4v) is 1.98. The first-order chi connectivity index (χ1) is 7.77. The highest BCUT2D eigenvalue weighted by molar-refractivity contribution is 6.33. The zero-order valence-electron chi connectivity index (χ0n) is 10.3. The van der Waals surface area contributed by atoms with Crippen molar-refractivity contribution < 1.29 is 0 Å². The van der Waals surface area contributed by atoms with Gasteiger partial charge in [0, 0.05) is 32.4 Å². The average molecular weight is 242 g/mol. The molecule has 2 rings (SSSR count). The Bertz CT molecular complexity index is 322. The van der Waals surface area contributed by atoms with Crippen LogP contribution >= 0.6 is 11.6 Å². The maximum absolute atomic E-state index is 6.14. The van der Waals surface area contributed by atoms with Gasteiger partial charge in [0.15, 0.2) is 0 Å². The van der Waals surface area contributed by atoms with Gasteiger partial charge in [-0.05, 0) is 18.6 Å². The number of pyridine rings is 1. The second-order valence-electron chi connectivity index (χ2n) is 3.56. The van der Waals surface area contributed by atoms with Gasteiger partial charge in [-0.25, -0.2) is 4.98 Å². The molecule has 0 atom stereocenters. The van der Waals surface area contributed by atoms with Crippen LogP contribution in [0.4, 0.5) is 5.82 Å². The molecule has 1 fully saturated rings. The van der Waals surface area contributed by atoms with E-state index in [1.165, 1.54) is 0 Å². The molecule has 0 unspecified atom stereocenters. The van der Waals surface area contributed by atoms with Crippen LogP contribution in [0.3, 0.4) is 0 Å². The van der Waals surface area contributed by atoms with E-state index in [9.17, 15) is 0 Å². The Kier molecular flexibility index (Phi) is 5.56. The first-order valence-electron chi connectivity index (χ1n) is 5.85. The summed E-state index contributed by atoms with van der Waals surface area (Å²) in [7, 11) is 0. The third kappa shape index (κ3) is 3.35. The number of hydrogen-bond donors (Lipinski definition) is 1. The van der Waals surface area contributed by atoms with Crippen LogP contribution in [0.25, 0.3) is 0 Å². The van der Waals surface area contributed by atoms with E-state index in [1.807, 2.05) is 33.0 Å². The van der Waals surface area contributed by atoms with Gasteiger partial charge in [0.1, 0.15) is 5.82 Å². The van der Waals surface area contributed by atoms with Crippen LogP contribution in [0.2, 0.25) is 5.02 Å². The minimum atomic E-state index is 0.756. The molecule has 1 aliphatic rings. The van der Waals surface area contributed by atoms with Crippen LogP contribution < -0.4 is 10.2 Å². The minimum absolute atomic E-state index is 0.756. The highest BCUT2D eigenvalue weighted by atomic mass is 35.5. The molecule has 0 aliphatic carbocycles. The van der Waals surface area contributed by atoms with Crippen molar-refractivity contribution in [1.82, 2.24) is 10.3 Å². The molecule has 4 heteroatoms. The van der Waals surface area contributed by atoms with E-state index in [0.717, 1.165) is 42.6 Å². The summed E-state index contributed by atoms with van der Waals surface area (Å²) < 4.78 is 0. The lowest BCUT2D eigenvalue weighted by Crippen LogP contribution is -2.44. The number of rotatable bonds is 1. The Labute approximate surface area is 103 Å². The minimum Gasteiger partial charge on any atom is -0.353 e. The van der Waals surface area contributed by atoms with Crippen molar-refractivity contribution in [3.63, 3.8) is 0 Å². The summed E-state index contributed by atoms with van der Waals surface area (Å²) in [6.07, 6.45) is 1.86. The lowest BCUT2D eigenvalue weighted by atomic mass is 10.3. The number of hydrogen-bond acceptors (Lipinski definition) is 3. The summed E-state index contributed by atoms with van der Waals surface area (Å²) in [6.45, 7) is 9.98. The van der Waals surface area contributed by atoms with Crippen molar-refractivity contribution in [2.24, 2.45) is 0 Å². The topological polar surface area (TPSA) is 28.2 Å². The molecule has 3 nitrogen and oxygen atoms in total. The normalized spacial score (nSPS) is 15.4. The summed E-state index contributed by atoms with van der Waals surface area (Å²) >= 11 is 6.14.